The van der Waals surface area contributed by atoms with Crippen molar-refractivity contribution in [1.82, 2.24) is 4.90 Å². The summed E-state index contributed by atoms with van der Waals surface area (Å²) in [5, 5.41) is 0. The van der Waals surface area contributed by atoms with Gasteiger partial charge in [-0.1, -0.05) is 48.6 Å². The third-order valence-electron chi connectivity index (χ3n) is 2.84. The number of nitrogens with zero attached hydrogens (tertiary/aromatic N) is 1. The van der Waals surface area contributed by atoms with Gasteiger partial charge in [0.05, 0.1) is 0 Å². The molecule has 0 bridgehead atoms. The van der Waals surface area contributed by atoms with E-state index in [4.69, 9.17) is 0 Å². The highest BCUT2D eigenvalue weighted by Gasteiger charge is 2.11. The van der Waals surface area contributed by atoms with Gasteiger partial charge in [0.2, 0.25) is 0 Å². The topological polar surface area (TPSA) is 3.24 Å². The lowest BCUT2D eigenvalue weighted by Gasteiger charge is -2.26. The third kappa shape index (κ3) is 3.58. The molecule has 0 spiro atoms. The van der Waals surface area contributed by atoms with Crippen LogP contribution in [0, 0.1) is 5.92 Å². The molecule has 1 rings (SSSR count). The van der Waals surface area contributed by atoms with Crippen molar-refractivity contribution < 1.29 is 0 Å². The van der Waals surface area contributed by atoms with E-state index in [0.717, 1.165) is 12.2 Å². The van der Waals surface area contributed by atoms with Crippen molar-refractivity contribution in [3.63, 3.8) is 0 Å². The normalized spacial score (nSPS) is 27.9. The fourth-order valence-corrected chi connectivity index (χ4v) is 1.64. The Kier molecular flexibility index (Phi) is 4.84. The Hall–Kier alpha value is -1.50. The van der Waals surface area contributed by atoms with Crippen molar-refractivity contribution in [2.45, 2.75) is 13.8 Å². The van der Waals surface area contributed by atoms with Crippen LogP contribution in [0.4, 0.5) is 0 Å². The molecule has 0 fully saturated rings. The average molecular weight is 215 g/mol. The molecule has 1 atom stereocenters. The van der Waals surface area contributed by atoms with E-state index in [2.05, 4.69) is 61.9 Å². The fraction of sp³-hybridized carbons (Fsp3) is 0.333. The molecule has 1 heterocycles. The van der Waals surface area contributed by atoms with Gasteiger partial charge in [-0.25, -0.2) is 0 Å². The van der Waals surface area contributed by atoms with E-state index in [-0.39, 0.29) is 0 Å². The molecule has 0 saturated heterocycles. The van der Waals surface area contributed by atoms with Gasteiger partial charge in [-0.05, 0) is 19.9 Å². The summed E-state index contributed by atoms with van der Waals surface area (Å²) >= 11 is 0. The Morgan fingerprint density at radius 2 is 2.19 bits per heavy atom. The highest BCUT2D eigenvalue weighted by Crippen LogP contribution is 2.18. The quantitative estimate of drug-likeness (QED) is 0.635. The van der Waals surface area contributed by atoms with Gasteiger partial charge in [-0.2, -0.15) is 0 Å². The number of hydrogen-bond donors (Lipinski definition) is 0. The Bertz CT molecular complexity index is 356. The number of likely N-dealkylation sites (N-methyl/N-ethyl adjacent to an activating group) is 1. The Balaban J connectivity index is 2.85. The molecule has 0 aromatic heterocycles. The maximum atomic E-state index is 4.02. The number of hydrogen-bond acceptors (Lipinski definition) is 1. The van der Waals surface area contributed by atoms with Crippen LogP contribution < -0.4 is 0 Å². The van der Waals surface area contributed by atoms with E-state index in [0.29, 0.717) is 5.92 Å². The van der Waals surface area contributed by atoms with E-state index in [1.165, 1.54) is 5.57 Å². The van der Waals surface area contributed by atoms with Gasteiger partial charge >= 0.3 is 0 Å². The molecular formula is C15H21N. The van der Waals surface area contributed by atoms with Crippen LogP contribution in [0.5, 0.6) is 0 Å². The third-order valence-corrected chi connectivity index (χ3v) is 2.84. The van der Waals surface area contributed by atoms with Crippen LogP contribution in [-0.2, 0) is 0 Å². The van der Waals surface area contributed by atoms with E-state index >= 15 is 0 Å². The van der Waals surface area contributed by atoms with Crippen molar-refractivity contribution in [2.75, 3.05) is 13.6 Å². The number of allylic oxidation sites excluding steroid dienone is 6. The van der Waals surface area contributed by atoms with Crippen molar-refractivity contribution in [3.05, 3.63) is 60.4 Å². The molecule has 1 heteroatoms. The molecule has 86 valence electrons. The summed E-state index contributed by atoms with van der Waals surface area (Å²) in [7, 11) is 2.09. The Labute approximate surface area is 99.2 Å². The molecule has 0 amide bonds. The zero-order valence-electron chi connectivity index (χ0n) is 10.5. The first-order valence-electron chi connectivity index (χ1n) is 5.69. The first-order valence-corrected chi connectivity index (χ1v) is 5.69. The maximum Gasteiger partial charge on any atom is 0.0290 e. The van der Waals surface area contributed by atoms with Crippen molar-refractivity contribution >= 4 is 0 Å². The first kappa shape index (κ1) is 12.6. The highest BCUT2D eigenvalue weighted by molar-refractivity contribution is 5.27. The molecule has 1 aliphatic heterocycles. The predicted molar refractivity (Wildman–Crippen MR) is 72.1 cm³/mol. The lowest BCUT2D eigenvalue weighted by molar-refractivity contribution is 0.398. The van der Waals surface area contributed by atoms with E-state index < -0.39 is 0 Å². The second-order valence-corrected chi connectivity index (χ2v) is 4.16. The largest absolute Gasteiger partial charge is 0.374 e. The molecule has 16 heavy (non-hydrogen) atoms. The standard InChI is InChI=1S/C15H21N/c1-5-6-7-11-15-12-16(4)14(3)10-8-9-13(15)2/h5-11,15H,3,12H2,1-2,4H3/b6-5-,10-8-,11-7?,13-9-. The zero-order chi connectivity index (χ0) is 12.0. The fourth-order valence-electron chi connectivity index (χ4n) is 1.64. The van der Waals surface area contributed by atoms with Gasteiger partial charge in [0.25, 0.3) is 0 Å². The van der Waals surface area contributed by atoms with Gasteiger partial charge in [-0.3, -0.25) is 0 Å². The molecule has 1 unspecified atom stereocenters. The van der Waals surface area contributed by atoms with E-state index in [9.17, 15) is 0 Å². The van der Waals surface area contributed by atoms with Gasteiger partial charge in [0, 0.05) is 25.2 Å². The predicted octanol–water partition coefficient (Wildman–Crippen LogP) is 3.70. The molecule has 0 saturated carbocycles. The average Bonchev–Trinajstić information content (AvgIpc) is 2.26. The van der Waals surface area contributed by atoms with E-state index in [1.807, 2.05) is 13.0 Å². The van der Waals surface area contributed by atoms with Crippen LogP contribution in [0.1, 0.15) is 13.8 Å². The van der Waals surface area contributed by atoms with Crippen LogP contribution in [0.3, 0.4) is 0 Å². The van der Waals surface area contributed by atoms with Crippen LogP contribution >= 0.6 is 0 Å². The summed E-state index contributed by atoms with van der Waals surface area (Å²) in [4.78, 5) is 2.19. The summed E-state index contributed by atoms with van der Waals surface area (Å²) in [6, 6.07) is 0. The summed E-state index contributed by atoms with van der Waals surface area (Å²) < 4.78 is 0. The summed E-state index contributed by atoms with van der Waals surface area (Å²) in [6.07, 6.45) is 14.8. The summed E-state index contributed by atoms with van der Waals surface area (Å²) in [6.45, 7) is 9.22. The minimum Gasteiger partial charge on any atom is -0.374 e. The lowest BCUT2D eigenvalue weighted by atomic mass is 9.97. The molecular weight excluding hydrogens is 194 g/mol. The van der Waals surface area contributed by atoms with Gasteiger partial charge < -0.3 is 4.90 Å². The Morgan fingerprint density at radius 3 is 2.88 bits per heavy atom. The molecule has 0 aliphatic carbocycles. The molecule has 1 aliphatic rings. The molecule has 0 radical (unpaired) electrons. The minimum atomic E-state index is 0.461. The SMILES string of the molecule is C=C1/C=C\C=C(\C)C(C=C/C=C\C)CN1C. The van der Waals surface area contributed by atoms with E-state index in [1.54, 1.807) is 0 Å². The van der Waals surface area contributed by atoms with Crippen LogP contribution in [-0.4, -0.2) is 18.5 Å². The molecule has 0 aromatic rings. The molecule has 0 aromatic carbocycles. The monoisotopic (exact) mass is 215 g/mol. The zero-order valence-corrected chi connectivity index (χ0v) is 10.5. The molecule has 1 nitrogen and oxygen atoms in total. The smallest absolute Gasteiger partial charge is 0.0290 e. The minimum absolute atomic E-state index is 0.461. The van der Waals surface area contributed by atoms with Crippen molar-refractivity contribution in [2.24, 2.45) is 5.92 Å². The first-order chi connectivity index (χ1) is 7.65. The van der Waals surface area contributed by atoms with Gasteiger partial charge in [-0.15, -0.1) is 0 Å². The number of rotatable bonds is 2. The second kappa shape index (κ2) is 6.16. The second-order valence-electron chi connectivity index (χ2n) is 4.16. The highest BCUT2D eigenvalue weighted by atomic mass is 15.1. The molecule has 0 N–H and O–H groups in total. The van der Waals surface area contributed by atoms with Crippen LogP contribution in [0.15, 0.2) is 60.4 Å². The summed E-state index contributed by atoms with van der Waals surface area (Å²) in [5.41, 5.74) is 2.45. The summed E-state index contributed by atoms with van der Waals surface area (Å²) in [5.74, 6) is 0.461. The van der Waals surface area contributed by atoms with Crippen LogP contribution in [0.2, 0.25) is 0 Å². The van der Waals surface area contributed by atoms with Crippen LogP contribution in [0.25, 0.3) is 0 Å². The van der Waals surface area contributed by atoms with Gasteiger partial charge in [0.1, 0.15) is 0 Å². The van der Waals surface area contributed by atoms with Crippen molar-refractivity contribution in [3.8, 4) is 0 Å². The maximum absolute atomic E-state index is 4.02. The van der Waals surface area contributed by atoms with Gasteiger partial charge in [0.15, 0.2) is 0 Å². The Morgan fingerprint density at radius 1 is 1.44 bits per heavy atom. The van der Waals surface area contributed by atoms with Crippen molar-refractivity contribution in [1.29, 1.82) is 0 Å². The lowest BCUT2D eigenvalue weighted by Crippen LogP contribution is -2.24.